The monoisotopic (exact) mass is 273 g/mol. The summed E-state index contributed by atoms with van der Waals surface area (Å²) in [6.45, 7) is 0. The molecule has 0 unspecified atom stereocenters. The minimum absolute atomic E-state index is 0.0286. The van der Waals surface area contributed by atoms with E-state index in [0.29, 0.717) is 6.29 Å². The highest BCUT2D eigenvalue weighted by molar-refractivity contribution is 7.99. The Hall–Kier alpha value is -1.76. The van der Waals surface area contributed by atoms with Crippen LogP contribution in [0.25, 0.3) is 0 Å². The molecular formula is C11H6F3NO2S. The second kappa shape index (κ2) is 4.85. The van der Waals surface area contributed by atoms with Crippen molar-refractivity contribution in [2.24, 2.45) is 0 Å². The Morgan fingerprint density at radius 1 is 1.33 bits per heavy atom. The van der Waals surface area contributed by atoms with E-state index < -0.39 is 11.7 Å². The van der Waals surface area contributed by atoms with E-state index in [4.69, 9.17) is 4.42 Å². The van der Waals surface area contributed by atoms with Crippen molar-refractivity contribution in [3.63, 3.8) is 0 Å². The lowest BCUT2D eigenvalue weighted by molar-refractivity contribution is -0.139. The average molecular weight is 273 g/mol. The van der Waals surface area contributed by atoms with Crippen LogP contribution in [0.1, 0.15) is 15.9 Å². The zero-order valence-corrected chi connectivity index (χ0v) is 9.59. The molecule has 2 aromatic rings. The smallest absolute Gasteiger partial charge is 0.417 e. The van der Waals surface area contributed by atoms with Crippen molar-refractivity contribution in [1.29, 1.82) is 0 Å². The van der Waals surface area contributed by atoms with Gasteiger partial charge in [0.1, 0.15) is 12.5 Å². The Morgan fingerprint density at radius 2 is 2.11 bits per heavy atom. The molecule has 0 saturated carbocycles. The first-order valence-electron chi connectivity index (χ1n) is 4.74. The maximum Gasteiger partial charge on any atom is 0.417 e. The maximum absolute atomic E-state index is 12.8. The van der Waals surface area contributed by atoms with E-state index in [1.807, 2.05) is 0 Å². The number of alkyl halides is 3. The largest absolute Gasteiger partial charge is 0.440 e. The zero-order valence-electron chi connectivity index (χ0n) is 8.77. The van der Waals surface area contributed by atoms with Gasteiger partial charge in [-0.25, -0.2) is 4.98 Å². The summed E-state index contributed by atoms with van der Waals surface area (Å²) >= 11 is 0.753. The Labute approximate surface area is 104 Å². The molecule has 0 spiro atoms. The number of benzene rings is 1. The minimum Gasteiger partial charge on any atom is -0.440 e. The third kappa shape index (κ3) is 2.73. The summed E-state index contributed by atoms with van der Waals surface area (Å²) in [6.07, 6.45) is -1.55. The molecule has 7 heteroatoms. The van der Waals surface area contributed by atoms with Crippen molar-refractivity contribution >= 4 is 18.0 Å². The van der Waals surface area contributed by atoms with Crippen LogP contribution in [0.2, 0.25) is 0 Å². The van der Waals surface area contributed by atoms with Crippen molar-refractivity contribution in [1.82, 2.24) is 4.98 Å². The van der Waals surface area contributed by atoms with E-state index in [2.05, 4.69) is 4.98 Å². The molecular weight excluding hydrogens is 267 g/mol. The number of aromatic nitrogens is 1. The van der Waals surface area contributed by atoms with E-state index in [-0.39, 0.29) is 15.7 Å². The molecule has 0 aliphatic carbocycles. The molecule has 0 atom stereocenters. The topological polar surface area (TPSA) is 43.1 Å². The fraction of sp³-hybridized carbons (Fsp3) is 0.0909. The van der Waals surface area contributed by atoms with Crippen LogP contribution in [-0.2, 0) is 6.18 Å². The molecule has 0 aliphatic heterocycles. The van der Waals surface area contributed by atoms with E-state index in [9.17, 15) is 18.0 Å². The number of carbonyl (C=O) groups is 1. The highest BCUT2D eigenvalue weighted by Gasteiger charge is 2.34. The molecule has 0 radical (unpaired) electrons. The molecule has 0 fully saturated rings. The van der Waals surface area contributed by atoms with Crippen LogP contribution in [0.4, 0.5) is 13.2 Å². The third-order valence-electron chi connectivity index (χ3n) is 2.05. The number of aldehydes is 1. The van der Waals surface area contributed by atoms with Gasteiger partial charge < -0.3 is 4.42 Å². The van der Waals surface area contributed by atoms with Crippen LogP contribution in [0.15, 0.2) is 45.2 Å². The predicted octanol–water partition coefficient (Wildman–Crippen LogP) is 3.66. The Bertz CT molecular complexity index is 552. The highest BCUT2D eigenvalue weighted by atomic mass is 32.2. The van der Waals surface area contributed by atoms with Gasteiger partial charge in [0.2, 0.25) is 0 Å². The molecule has 0 amide bonds. The lowest BCUT2D eigenvalue weighted by atomic mass is 10.1. The Kier molecular flexibility index (Phi) is 3.42. The summed E-state index contributed by atoms with van der Waals surface area (Å²) in [4.78, 5) is 14.2. The zero-order chi connectivity index (χ0) is 13.2. The predicted molar refractivity (Wildman–Crippen MR) is 57.5 cm³/mol. The van der Waals surface area contributed by atoms with E-state index in [0.717, 1.165) is 17.8 Å². The summed E-state index contributed by atoms with van der Waals surface area (Å²) in [5.41, 5.74) is -0.908. The van der Waals surface area contributed by atoms with E-state index in [1.165, 1.54) is 24.6 Å². The lowest BCUT2D eigenvalue weighted by Gasteiger charge is -2.11. The number of halogens is 3. The second-order valence-corrected chi connectivity index (χ2v) is 4.26. The highest BCUT2D eigenvalue weighted by Crippen LogP contribution is 2.39. The normalized spacial score (nSPS) is 11.5. The second-order valence-electron chi connectivity index (χ2n) is 3.27. The number of carbonyl (C=O) groups excluding carboxylic acids is 1. The molecule has 0 N–H and O–H groups in total. The standard InChI is InChI=1S/C11H6F3NO2S/c12-11(13,14)8-5-7(6-16)1-2-9(8)18-10-15-3-4-17-10/h1-6H. The van der Waals surface area contributed by atoms with Gasteiger partial charge in [0.15, 0.2) is 0 Å². The molecule has 3 nitrogen and oxygen atoms in total. The first-order valence-corrected chi connectivity index (χ1v) is 5.56. The van der Waals surface area contributed by atoms with Crippen molar-refractivity contribution in [3.05, 3.63) is 41.8 Å². The van der Waals surface area contributed by atoms with Gasteiger partial charge >= 0.3 is 6.18 Å². The quantitative estimate of drug-likeness (QED) is 0.800. The van der Waals surface area contributed by atoms with Gasteiger partial charge in [0, 0.05) is 10.5 Å². The van der Waals surface area contributed by atoms with Crippen LogP contribution < -0.4 is 0 Å². The molecule has 1 aromatic carbocycles. The van der Waals surface area contributed by atoms with Crippen LogP contribution in [0, 0.1) is 0 Å². The number of oxazole rings is 1. The van der Waals surface area contributed by atoms with Gasteiger partial charge in [-0.2, -0.15) is 13.2 Å². The molecule has 94 valence electrons. The molecule has 1 heterocycles. The summed E-state index contributed by atoms with van der Waals surface area (Å²) in [5.74, 6) is 0. The molecule has 18 heavy (non-hydrogen) atoms. The molecule has 2 rings (SSSR count). The lowest BCUT2D eigenvalue weighted by Crippen LogP contribution is -2.07. The van der Waals surface area contributed by atoms with Crippen molar-refractivity contribution < 1.29 is 22.4 Å². The van der Waals surface area contributed by atoms with E-state index >= 15 is 0 Å². The van der Waals surface area contributed by atoms with Crippen molar-refractivity contribution in [2.45, 2.75) is 16.3 Å². The van der Waals surface area contributed by atoms with Gasteiger partial charge in [-0.15, -0.1) is 0 Å². The number of nitrogens with zero attached hydrogens (tertiary/aromatic N) is 1. The van der Waals surface area contributed by atoms with Crippen molar-refractivity contribution in [2.75, 3.05) is 0 Å². The Morgan fingerprint density at radius 3 is 2.67 bits per heavy atom. The average Bonchev–Trinajstić information content (AvgIpc) is 2.81. The third-order valence-corrected chi connectivity index (χ3v) is 3.00. The maximum atomic E-state index is 12.8. The van der Waals surface area contributed by atoms with Gasteiger partial charge in [-0.3, -0.25) is 4.79 Å². The Balaban J connectivity index is 2.43. The summed E-state index contributed by atoms with van der Waals surface area (Å²) in [6, 6.07) is 3.34. The molecule has 1 aromatic heterocycles. The summed E-state index contributed by atoms with van der Waals surface area (Å²) in [7, 11) is 0. The SMILES string of the molecule is O=Cc1ccc(Sc2ncco2)c(C(F)(F)F)c1. The van der Waals surface area contributed by atoms with Crippen LogP contribution in [-0.4, -0.2) is 11.3 Å². The number of rotatable bonds is 3. The molecule has 0 aliphatic rings. The molecule has 0 saturated heterocycles. The van der Waals surface area contributed by atoms with Gasteiger partial charge in [-0.1, -0.05) is 6.07 Å². The van der Waals surface area contributed by atoms with Gasteiger partial charge in [0.05, 0.1) is 11.8 Å². The van der Waals surface area contributed by atoms with Crippen LogP contribution >= 0.6 is 11.8 Å². The fourth-order valence-electron chi connectivity index (χ4n) is 1.29. The van der Waals surface area contributed by atoms with E-state index in [1.54, 1.807) is 0 Å². The first-order chi connectivity index (χ1) is 8.50. The van der Waals surface area contributed by atoms with Crippen LogP contribution in [0.5, 0.6) is 0 Å². The van der Waals surface area contributed by atoms with Gasteiger partial charge in [-0.05, 0) is 23.9 Å². The minimum atomic E-state index is -4.53. The fourth-order valence-corrected chi connectivity index (χ4v) is 2.11. The van der Waals surface area contributed by atoms with Crippen molar-refractivity contribution in [3.8, 4) is 0 Å². The van der Waals surface area contributed by atoms with Gasteiger partial charge in [0.25, 0.3) is 5.22 Å². The molecule has 0 bridgehead atoms. The van der Waals surface area contributed by atoms with Crippen LogP contribution in [0.3, 0.4) is 0 Å². The first kappa shape index (κ1) is 12.7. The number of hydrogen-bond donors (Lipinski definition) is 0. The summed E-state index contributed by atoms with van der Waals surface area (Å²) in [5, 5.41) is 0.111. The summed E-state index contributed by atoms with van der Waals surface area (Å²) < 4.78 is 43.3. The number of hydrogen-bond acceptors (Lipinski definition) is 4.